The van der Waals surface area contributed by atoms with Gasteiger partial charge in [0.15, 0.2) is 0 Å². The van der Waals surface area contributed by atoms with Crippen molar-refractivity contribution in [3.8, 4) is 0 Å². The second-order valence-corrected chi connectivity index (χ2v) is 6.17. The summed E-state index contributed by atoms with van der Waals surface area (Å²) in [5.41, 5.74) is 0.312. The molecule has 7 heteroatoms. The van der Waals surface area contributed by atoms with Gasteiger partial charge in [0.2, 0.25) is 0 Å². The maximum absolute atomic E-state index is 12.1. The Balaban J connectivity index is 2.94. The van der Waals surface area contributed by atoms with E-state index in [0.717, 1.165) is 17.3 Å². The van der Waals surface area contributed by atoms with Crippen LogP contribution in [-0.2, 0) is 14.9 Å². The first-order valence-corrected chi connectivity index (χ1v) is 7.78. The lowest BCUT2D eigenvalue weighted by Crippen LogP contribution is -2.27. The Morgan fingerprint density at radius 3 is 2.70 bits per heavy atom. The van der Waals surface area contributed by atoms with E-state index >= 15 is 0 Å². The zero-order valence-corrected chi connectivity index (χ0v) is 12.7. The van der Waals surface area contributed by atoms with Gasteiger partial charge in [-0.1, -0.05) is 23.9 Å². The molecule has 20 heavy (non-hydrogen) atoms. The predicted molar refractivity (Wildman–Crippen MR) is 75.6 cm³/mol. The Labute approximate surface area is 119 Å². The first kappa shape index (κ1) is 16.6. The largest absolute Gasteiger partial charge is 0.352 e. The van der Waals surface area contributed by atoms with Gasteiger partial charge in [-0.05, 0) is 24.6 Å². The van der Waals surface area contributed by atoms with Crippen molar-refractivity contribution >= 4 is 15.9 Å². The molecular weight excluding hydrogens is 280 g/mol. The third-order valence-electron chi connectivity index (χ3n) is 2.81. The number of hydrogen-bond acceptors (Lipinski definition) is 4. The summed E-state index contributed by atoms with van der Waals surface area (Å²) >= 11 is 0. The van der Waals surface area contributed by atoms with E-state index in [1.807, 2.05) is 6.92 Å². The van der Waals surface area contributed by atoms with Gasteiger partial charge in [0.25, 0.3) is 15.9 Å². The second-order valence-electron chi connectivity index (χ2n) is 4.23. The lowest BCUT2D eigenvalue weighted by molar-refractivity contribution is -0.0258. The van der Waals surface area contributed by atoms with E-state index in [-0.39, 0.29) is 10.8 Å². The summed E-state index contributed by atoms with van der Waals surface area (Å²) in [4.78, 5) is 16.6. The minimum Gasteiger partial charge on any atom is -0.352 e. The number of nitrogens with zero attached hydrogens (tertiary/aromatic N) is 1. The minimum atomic E-state index is -3.74. The molecule has 0 atom stereocenters. The van der Waals surface area contributed by atoms with E-state index in [0.29, 0.717) is 12.1 Å². The molecule has 0 aromatic heterocycles. The molecule has 0 heterocycles. The summed E-state index contributed by atoms with van der Waals surface area (Å²) < 4.78 is 24.9. The smallest absolute Gasteiger partial charge is 0.264 e. The van der Waals surface area contributed by atoms with Crippen LogP contribution in [-0.4, -0.2) is 39.5 Å². The lowest BCUT2D eigenvalue weighted by atomic mass is 10.2. The molecule has 0 radical (unpaired) electrons. The molecule has 0 aliphatic rings. The standard InChI is InChI=1S/C13H20N2O4S/c1-4-5-9-14-13(16)11-7-6-8-12(10-11)20(17,18)15(2)19-3/h6-8,10H,4-5,9H2,1-3H3,(H,14,16). The third-order valence-corrected chi connectivity index (χ3v) is 4.48. The molecule has 0 spiro atoms. The van der Waals surface area contributed by atoms with Gasteiger partial charge in [0, 0.05) is 19.2 Å². The Morgan fingerprint density at radius 2 is 2.10 bits per heavy atom. The number of unbranched alkanes of at least 4 members (excludes halogenated alkanes) is 1. The SMILES string of the molecule is CCCCNC(=O)c1cccc(S(=O)(=O)N(C)OC)c1. The Hall–Kier alpha value is -1.44. The number of benzene rings is 1. The van der Waals surface area contributed by atoms with Crippen molar-refractivity contribution in [3.05, 3.63) is 29.8 Å². The Kier molecular flexibility index (Phi) is 6.12. The van der Waals surface area contributed by atoms with Gasteiger partial charge < -0.3 is 5.32 Å². The van der Waals surface area contributed by atoms with Crippen LogP contribution in [0.1, 0.15) is 30.1 Å². The molecule has 0 fully saturated rings. The summed E-state index contributed by atoms with van der Waals surface area (Å²) in [6.45, 7) is 2.60. The van der Waals surface area contributed by atoms with Gasteiger partial charge in [-0.2, -0.15) is 0 Å². The number of nitrogens with one attached hydrogen (secondary N) is 1. The first-order valence-electron chi connectivity index (χ1n) is 6.34. The minimum absolute atomic E-state index is 0.0185. The highest BCUT2D eigenvalue weighted by Crippen LogP contribution is 2.15. The van der Waals surface area contributed by atoms with Crippen molar-refractivity contribution in [1.29, 1.82) is 0 Å². The fourth-order valence-electron chi connectivity index (χ4n) is 1.53. The van der Waals surface area contributed by atoms with Crippen LogP contribution in [0.2, 0.25) is 0 Å². The maximum atomic E-state index is 12.1. The van der Waals surface area contributed by atoms with Crippen molar-refractivity contribution < 1.29 is 18.0 Å². The highest BCUT2D eigenvalue weighted by atomic mass is 32.2. The normalized spacial score (nSPS) is 11.6. The lowest BCUT2D eigenvalue weighted by Gasteiger charge is -2.14. The summed E-state index contributed by atoms with van der Waals surface area (Å²) in [6.07, 6.45) is 1.86. The quantitative estimate of drug-likeness (QED) is 0.610. The second kappa shape index (κ2) is 7.37. The van der Waals surface area contributed by atoms with Crippen LogP contribution in [0.15, 0.2) is 29.2 Å². The number of amides is 1. The van der Waals surface area contributed by atoms with Gasteiger partial charge in [0.05, 0.1) is 12.0 Å². The topological polar surface area (TPSA) is 75.7 Å². The van der Waals surface area contributed by atoms with Crippen LogP contribution in [0.25, 0.3) is 0 Å². The van der Waals surface area contributed by atoms with Crippen molar-refractivity contribution in [2.24, 2.45) is 0 Å². The van der Waals surface area contributed by atoms with E-state index < -0.39 is 10.0 Å². The van der Waals surface area contributed by atoms with Crippen LogP contribution in [0.4, 0.5) is 0 Å². The molecule has 1 rings (SSSR count). The van der Waals surface area contributed by atoms with Gasteiger partial charge in [-0.15, -0.1) is 0 Å². The molecule has 112 valence electrons. The van der Waals surface area contributed by atoms with Crippen molar-refractivity contribution in [2.45, 2.75) is 24.7 Å². The zero-order valence-electron chi connectivity index (χ0n) is 11.9. The number of carbonyl (C=O) groups excluding carboxylic acids is 1. The average molecular weight is 300 g/mol. The summed E-state index contributed by atoms with van der Waals surface area (Å²) in [7, 11) is -1.18. The molecule has 1 aromatic rings. The van der Waals surface area contributed by atoms with Crippen LogP contribution >= 0.6 is 0 Å². The highest BCUT2D eigenvalue weighted by molar-refractivity contribution is 7.89. The van der Waals surface area contributed by atoms with Crippen LogP contribution in [0.3, 0.4) is 0 Å². The van der Waals surface area contributed by atoms with Crippen LogP contribution in [0, 0.1) is 0 Å². The molecule has 1 amide bonds. The summed E-state index contributed by atoms with van der Waals surface area (Å²) in [5, 5.41) is 2.74. The zero-order chi connectivity index (χ0) is 15.2. The number of rotatable bonds is 7. The first-order chi connectivity index (χ1) is 9.43. The number of hydroxylamine groups is 1. The van der Waals surface area contributed by atoms with E-state index in [1.54, 1.807) is 6.07 Å². The van der Waals surface area contributed by atoms with E-state index in [4.69, 9.17) is 4.84 Å². The Bertz CT molecular complexity index is 557. The van der Waals surface area contributed by atoms with Gasteiger partial charge in [-0.25, -0.2) is 8.42 Å². The molecule has 0 saturated carbocycles. The predicted octanol–water partition coefficient (Wildman–Crippen LogP) is 1.40. The van der Waals surface area contributed by atoms with E-state index in [9.17, 15) is 13.2 Å². The number of hydrogen-bond donors (Lipinski definition) is 1. The summed E-state index contributed by atoms with van der Waals surface area (Å²) in [6, 6.07) is 5.87. The molecule has 0 bridgehead atoms. The van der Waals surface area contributed by atoms with E-state index in [2.05, 4.69) is 5.32 Å². The molecule has 0 unspecified atom stereocenters. The van der Waals surface area contributed by atoms with Gasteiger partial charge in [-0.3, -0.25) is 9.63 Å². The fraction of sp³-hybridized carbons (Fsp3) is 0.462. The average Bonchev–Trinajstić information content (AvgIpc) is 2.46. The third kappa shape index (κ3) is 4.03. The molecule has 6 nitrogen and oxygen atoms in total. The monoisotopic (exact) mass is 300 g/mol. The molecule has 1 aromatic carbocycles. The van der Waals surface area contributed by atoms with Crippen LogP contribution < -0.4 is 5.32 Å². The van der Waals surface area contributed by atoms with Gasteiger partial charge in [0.1, 0.15) is 0 Å². The fourth-order valence-corrected chi connectivity index (χ4v) is 2.54. The molecule has 0 saturated heterocycles. The van der Waals surface area contributed by atoms with Crippen molar-refractivity contribution in [1.82, 2.24) is 9.79 Å². The molecule has 0 aliphatic heterocycles. The van der Waals surface area contributed by atoms with Gasteiger partial charge >= 0.3 is 0 Å². The van der Waals surface area contributed by atoms with Crippen LogP contribution in [0.5, 0.6) is 0 Å². The molecule has 0 aliphatic carbocycles. The van der Waals surface area contributed by atoms with Crippen molar-refractivity contribution in [2.75, 3.05) is 20.7 Å². The molecular formula is C13H20N2O4S. The Morgan fingerprint density at radius 1 is 1.40 bits per heavy atom. The maximum Gasteiger partial charge on any atom is 0.264 e. The number of carbonyl (C=O) groups is 1. The summed E-state index contributed by atoms with van der Waals surface area (Å²) in [5.74, 6) is -0.282. The highest BCUT2D eigenvalue weighted by Gasteiger charge is 2.21. The number of sulfonamides is 1. The van der Waals surface area contributed by atoms with Crippen molar-refractivity contribution in [3.63, 3.8) is 0 Å². The van der Waals surface area contributed by atoms with E-state index in [1.165, 1.54) is 32.4 Å². The molecule has 1 N–H and O–H groups in total.